The van der Waals surface area contributed by atoms with Gasteiger partial charge in [0.1, 0.15) is 0 Å². The van der Waals surface area contributed by atoms with Gasteiger partial charge in [0.25, 0.3) is 0 Å². The van der Waals surface area contributed by atoms with E-state index in [1.807, 2.05) is 0 Å². The number of amides is 1. The fraction of sp³-hybridized carbons (Fsp3) is 0.500. The van der Waals surface area contributed by atoms with Crippen LogP contribution in [0.5, 0.6) is 0 Å². The second kappa shape index (κ2) is 6.99. The number of hydrogen-bond donors (Lipinski definition) is 2. The average Bonchev–Trinajstić information content (AvgIpc) is 3.22. The number of nitrogens with one attached hydrogen (secondary N) is 1. The van der Waals surface area contributed by atoms with E-state index in [1.54, 1.807) is 6.92 Å². The van der Waals surface area contributed by atoms with E-state index in [4.69, 9.17) is 5.73 Å². The molecular weight excluding hydrogens is 286 g/mol. The Bertz CT molecular complexity index is 480. The summed E-state index contributed by atoms with van der Waals surface area (Å²) in [5.74, 6) is -2.08. The first kappa shape index (κ1) is 16.9. The molecule has 1 saturated carbocycles. The van der Waals surface area contributed by atoms with E-state index in [0.717, 1.165) is 25.0 Å². The molecule has 0 spiro atoms. The standard InChI is InChI=1S/C14H18F2N2O.ClH/c1-8(10-4-5-11(15)12(16)6-10)14(19)18-7-13(17)9-2-3-9;/h4-6,8-9,13H,2-3,7,17H2,1H3,(H,18,19);1H. The van der Waals surface area contributed by atoms with Crippen LogP contribution in [0.3, 0.4) is 0 Å². The molecule has 20 heavy (non-hydrogen) atoms. The fourth-order valence-corrected chi connectivity index (χ4v) is 2.00. The quantitative estimate of drug-likeness (QED) is 0.877. The van der Waals surface area contributed by atoms with E-state index in [2.05, 4.69) is 5.32 Å². The lowest BCUT2D eigenvalue weighted by atomic mass is 10.00. The molecule has 2 unspecified atom stereocenters. The van der Waals surface area contributed by atoms with Gasteiger partial charge in [0.15, 0.2) is 11.6 Å². The Morgan fingerprint density at radius 1 is 1.40 bits per heavy atom. The molecular formula is C14H19ClF2N2O. The largest absolute Gasteiger partial charge is 0.354 e. The molecule has 1 fully saturated rings. The molecule has 112 valence electrons. The van der Waals surface area contributed by atoms with Crippen LogP contribution in [0.15, 0.2) is 18.2 Å². The fourth-order valence-electron chi connectivity index (χ4n) is 2.00. The summed E-state index contributed by atoms with van der Waals surface area (Å²) in [5, 5.41) is 2.76. The Morgan fingerprint density at radius 2 is 2.05 bits per heavy atom. The lowest BCUT2D eigenvalue weighted by Crippen LogP contribution is -2.40. The maximum absolute atomic E-state index is 13.1. The summed E-state index contributed by atoms with van der Waals surface area (Å²) < 4.78 is 25.9. The molecule has 3 N–H and O–H groups in total. The minimum Gasteiger partial charge on any atom is -0.354 e. The Balaban J connectivity index is 0.00000200. The van der Waals surface area contributed by atoms with Crippen molar-refractivity contribution >= 4 is 18.3 Å². The van der Waals surface area contributed by atoms with Crippen LogP contribution in [0, 0.1) is 17.6 Å². The summed E-state index contributed by atoms with van der Waals surface area (Å²) in [5.41, 5.74) is 6.34. The minimum atomic E-state index is -0.938. The Kier molecular flexibility index (Phi) is 5.89. The van der Waals surface area contributed by atoms with Crippen LogP contribution in [0.1, 0.15) is 31.2 Å². The van der Waals surface area contributed by atoms with Gasteiger partial charge in [-0.1, -0.05) is 6.07 Å². The number of rotatable bonds is 5. The van der Waals surface area contributed by atoms with Crippen LogP contribution in [-0.2, 0) is 4.79 Å². The second-order valence-electron chi connectivity index (χ2n) is 5.14. The molecule has 1 aliphatic rings. The molecule has 0 aromatic heterocycles. The van der Waals surface area contributed by atoms with Crippen molar-refractivity contribution in [1.29, 1.82) is 0 Å². The molecule has 0 radical (unpaired) electrons. The van der Waals surface area contributed by atoms with Gasteiger partial charge in [-0.3, -0.25) is 4.79 Å². The van der Waals surface area contributed by atoms with Crippen molar-refractivity contribution in [1.82, 2.24) is 5.32 Å². The van der Waals surface area contributed by atoms with Crippen molar-refractivity contribution in [2.24, 2.45) is 11.7 Å². The highest BCUT2D eigenvalue weighted by Crippen LogP contribution is 2.31. The molecule has 2 rings (SSSR count). The number of benzene rings is 1. The number of hydrogen-bond acceptors (Lipinski definition) is 2. The van der Waals surface area contributed by atoms with Crippen molar-refractivity contribution in [2.75, 3.05) is 6.54 Å². The predicted molar refractivity (Wildman–Crippen MR) is 75.7 cm³/mol. The predicted octanol–water partition coefficient (Wildman–Crippen LogP) is 2.34. The van der Waals surface area contributed by atoms with Gasteiger partial charge < -0.3 is 11.1 Å². The van der Waals surface area contributed by atoms with Gasteiger partial charge in [-0.2, -0.15) is 0 Å². The first-order valence-corrected chi connectivity index (χ1v) is 6.47. The topological polar surface area (TPSA) is 55.1 Å². The summed E-state index contributed by atoms with van der Waals surface area (Å²) in [6.07, 6.45) is 2.24. The van der Waals surface area contributed by atoms with E-state index in [0.29, 0.717) is 18.0 Å². The smallest absolute Gasteiger partial charge is 0.227 e. The maximum Gasteiger partial charge on any atom is 0.227 e. The zero-order valence-corrected chi connectivity index (χ0v) is 12.1. The van der Waals surface area contributed by atoms with Crippen molar-refractivity contribution < 1.29 is 13.6 Å². The molecule has 6 heteroatoms. The van der Waals surface area contributed by atoms with Crippen LogP contribution >= 0.6 is 12.4 Å². The van der Waals surface area contributed by atoms with Crippen molar-refractivity contribution in [3.63, 3.8) is 0 Å². The SMILES string of the molecule is CC(C(=O)NCC(N)C1CC1)c1ccc(F)c(F)c1.Cl. The molecule has 0 aliphatic heterocycles. The molecule has 1 amide bonds. The monoisotopic (exact) mass is 304 g/mol. The minimum absolute atomic E-state index is 0. The third-order valence-corrected chi connectivity index (χ3v) is 3.58. The van der Waals surface area contributed by atoms with Crippen LogP contribution in [-0.4, -0.2) is 18.5 Å². The lowest BCUT2D eigenvalue weighted by molar-refractivity contribution is -0.122. The third kappa shape index (κ3) is 4.15. The highest BCUT2D eigenvalue weighted by atomic mass is 35.5. The normalized spacial score (nSPS) is 17.0. The van der Waals surface area contributed by atoms with E-state index in [-0.39, 0.29) is 24.4 Å². The number of halogens is 3. The van der Waals surface area contributed by atoms with Gasteiger partial charge in [-0.05, 0) is 43.4 Å². The number of nitrogens with two attached hydrogens (primary N) is 1. The molecule has 1 aromatic carbocycles. The Labute approximate surface area is 123 Å². The van der Waals surface area contributed by atoms with Crippen LogP contribution in [0.25, 0.3) is 0 Å². The van der Waals surface area contributed by atoms with Crippen LogP contribution in [0.4, 0.5) is 8.78 Å². The van der Waals surface area contributed by atoms with Crippen molar-refractivity contribution in [3.05, 3.63) is 35.4 Å². The van der Waals surface area contributed by atoms with Gasteiger partial charge in [0, 0.05) is 12.6 Å². The molecule has 1 aromatic rings. The number of carbonyl (C=O) groups excluding carboxylic acids is 1. The van der Waals surface area contributed by atoms with Crippen molar-refractivity contribution in [3.8, 4) is 0 Å². The van der Waals surface area contributed by atoms with E-state index < -0.39 is 17.6 Å². The number of carbonyl (C=O) groups is 1. The molecule has 0 bridgehead atoms. The zero-order valence-electron chi connectivity index (χ0n) is 11.2. The van der Waals surface area contributed by atoms with Crippen LogP contribution < -0.4 is 11.1 Å². The van der Waals surface area contributed by atoms with Gasteiger partial charge in [-0.15, -0.1) is 12.4 Å². The summed E-state index contributed by atoms with van der Waals surface area (Å²) in [4.78, 5) is 11.9. The van der Waals surface area contributed by atoms with Gasteiger partial charge in [0.05, 0.1) is 5.92 Å². The summed E-state index contributed by atoms with van der Waals surface area (Å²) in [6, 6.07) is 3.50. The average molecular weight is 305 g/mol. The van der Waals surface area contributed by atoms with E-state index >= 15 is 0 Å². The van der Waals surface area contributed by atoms with Gasteiger partial charge in [0.2, 0.25) is 5.91 Å². The summed E-state index contributed by atoms with van der Waals surface area (Å²) in [6.45, 7) is 2.09. The van der Waals surface area contributed by atoms with Crippen LogP contribution in [0.2, 0.25) is 0 Å². The first-order valence-electron chi connectivity index (χ1n) is 6.47. The van der Waals surface area contributed by atoms with Gasteiger partial charge >= 0.3 is 0 Å². The maximum atomic E-state index is 13.1. The molecule has 2 atom stereocenters. The van der Waals surface area contributed by atoms with Crippen molar-refractivity contribution in [2.45, 2.75) is 31.7 Å². The highest BCUT2D eigenvalue weighted by molar-refractivity contribution is 5.85. The summed E-state index contributed by atoms with van der Waals surface area (Å²) >= 11 is 0. The molecule has 1 aliphatic carbocycles. The Hall–Kier alpha value is -1.20. The molecule has 0 saturated heterocycles. The van der Waals surface area contributed by atoms with Gasteiger partial charge in [-0.25, -0.2) is 8.78 Å². The third-order valence-electron chi connectivity index (χ3n) is 3.58. The lowest BCUT2D eigenvalue weighted by Gasteiger charge is -2.16. The molecule has 3 nitrogen and oxygen atoms in total. The first-order chi connectivity index (χ1) is 8.99. The summed E-state index contributed by atoms with van der Waals surface area (Å²) in [7, 11) is 0. The van der Waals surface area contributed by atoms with E-state index in [9.17, 15) is 13.6 Å². The highest BCUT2D eigenvalue weighted by Gasteiger charge is 2.29. The second-order valence-corrected chi connectivity index (χ2v) is 5.14. The Morgan fingerprint density at radius 3 is 2.60 bits per heavy atom. The van der Waals surface area contributed by atoms with E-state index in [1.165, 1.54) is 6.07 Å². The zero-order chi connectivity index (χ0) is 14.0. The molecule has 0 heterocycles.